The minimum Gasteiger partial charge on any atom is -0.459 e. The number of esters is 2. The average molecular weight is 460 g/mol. The Morgan fingerprint density at radius 3 is 2.29 bits per heavy atom. The average Bonchev–Trinajstić information content (AvgIpc) is 3.21. The number of hydrogen-bond acceptors (Lipinski definition) is 9. The second kappa shape index (κ2) is 9.56. The number of benzene rings is 2. The molecule has 4 rings (SSSR count). The number of carbonyl (C=O) groups is 2. The topological polar surface area (TPSA) is 147 Å². The van der Waals surface area contributed by atoms with Crippen LogP contribution in [0.1, 0.15) is 27.1 Å². The number of aromatic nitrogens is 2. The Balaban J connectivity index is 1.61. The Morgan fingerprint density at radius 1 is 1.09 bits per heavy atom. The third kappa shape index (κ3) is 4.51. The van der Waals surface area contributed by atoms with E-state index in [2.05, 4.69) is 4.98 Å². The molecule has 1 aliphatic rings. The van der Waals surface area contributed by atoms with Gasteiger partial charge in [-0.15, -0.1) is 0 Å². The van der Waals surface area contributed by atoms with Crippen molar-refractivity contribution in [2.45, 2.75) is 24.4 Å². The number of ether oxygens (including phenoxy) is 3. The number of nitriles is 1. The first-order valence-electron chi connectivity index (χ1n) is 10.4. The molecule has 0 unspecified atom stereocenters. The highest BCUT2D eigenvalue weighted by Gasteiger charge is 2.54. The second-order valence-corrected chi connectivity index (χ2v) is 7.51. The van der Waals surface area contributed by atoms with Gasteiger partial charge >= 0.3 is 17.6 Å². The van der Waals surface area contributed by atoms with Gasteiger partial charge < -0.3 is 19.9 Å². The summed E-state index contributed by atoms with van der Waals surface area (Å²) in [4.78, 5) is 41.3. The van der Waals surface area contributed by atoms with Gasteiger partial charge in [0.05, 0.1) is 17.2 Å². The van der Waals surface area contributed by atoms with E-state index < -0.39 is 35.6 Å². The predicted octanol–water partition coefficient (Wildman–Crippen LogP) is 1.87. The van der Waals surface area contributed by atoms with E-state index in [9.17, 15) is 19.6 Å². The van der Waals surface area contributed by atoms with Crippen LogP contribution in [0.15, 0.2) is 77.7 Å². The molecule has 1 saturated heterocycles. The molecule has 3 atom stereocenters. The molecule has 0 saturated carbocycles. The van der Waals surface area contributed by atoms with Crippen molar-refractivity contribution in [1.82, 2.24) is 9.55 Å². The van der Waals surface area contributed by atoms with Crippen LogP contribution in [0.5, 0.6) is 0 Å². The van der Waals surface area contributed by atoms with Crippen molar-refractivity contribution in [2.24, 2.45) is 0 Å². The van der Waals surface area contributed by atoms with Gasteiger partial charge in [-0.25, -0.2) is 14.4 Å². The van der Waals surface area contributed by atoms with Gasteiger partial charge in [-0.2, -0.15) is 10.2 Å². The van der Waals surface area contributed by atoms with Crippen LogP contribution in [0, 0.1) is 11.3 Å². The van der Waals surface area contributed by atoms with Crippen molar-refractivity contribution >= 4 is 17.8 Å². The third-order valence-electron chi connectivity index (χ3n) is 5.27. The lowest BCUT2D eigenvalue weighted by Crippen LogP contribution is -2.49. The summed E-state index contributed by atoms with van der Waals surface area (Å²) in [5, 5.41) is 10.1. The molecule has 2 heterocycles. The van der Waals surface area contributed by atoms with Crippen LogP contribution in [0.3, 0.4) is 0 Å². The highest BCUT2D eigenvalue weighted by molar-refractivity contribution is 5.90. The number of nitrogen functional groups attached to an aromatic ring is 1. The van der Waals surface area contributed by atoms with Gasteiger partial charge in [0.2, 0.25) is 0 Å². The van der Waals surface area contributed by atoms with Gasteiger partial charge in [0.1, 0.15) is 18.5 Å². The van der Waals surface area contributed by atoms with Crippen LogP contribution in [0.4, 0.5) is 5.82 Å². The van der Waals surface area contributed by atoms with E-state index in [0.29, 0.717) is 5.56 Å². The number of hydrogen-bond donors (Lipinski definition) is 1. The zero-order chi connectivity index (χ0) is 24.1. The molecule has 3 aromatic rings. The van der Waals surface area contributed by atoms with Gasteiger partial charge in [0, 0.05) is 12.6 Å². The molecule has 0 aliphatic carbocycles. The van der Waals surface area contributed by atoms with Gasteiger partial charge in [0.25, 0.3) is 5.72 Å². The van der Waals surface area contributed by atoms with Crippen molar-refractivity contribution in [2.75, 3.05) is 12.3 Å². The molecule has 0 bridgehead atoms. The van der Waals surface area contributed by atoms with Crippen molar-refractivity contribution in [3.8, 4) is 6.07 Å². The summed E-state index contributed by atoms with van der Waals surface area (Å²) in [6.45, 7) is -0.228. The summed E-state index contributed by atoms with van der Waals surface area (Å²) >= 11 is 0. The monoisotopic (exact) mass is 460 g/mol. The van der Waals surface area contributed by atoms with Crippen LogP contribution in [0.2, 0.25) is 0 Å². The largest absolute Gasteiger partial charge is 0.459 e. The smallest absolute Gasteiger partial charge is 0.352 e. The Labute approximate surface area is 194 Å². The van der Waals surface area contributed by atoms with E-state index in [1.165, 1.54) is 12.3 Å². The maximum Gasteiger partial charge on any atom is 0.352 e. The fraction of sp³-hybridized carbons (Fsp3) is 0.208. The van der Waals surface area contributed by atoms with Gasteiger partial charge in [-0.3, -0.25) is 4.57 Å². The SMILES string of the molecule is N#C[C@@]1(n2ccc(N)nc2=O)O[C@@H](COC(=O)c2ccccc2)C[C@@H]1OC(=O)c1ccccc1. The zero-order valence-electron chi connectivity index (χ0n) is 17.9. The molecule has 0 radical (unpaired) electrons. The van der Waals surface area contributed by atoms with E-state index in [1.54, 1.807) is 60.7 Å². The van der Waals surface area contributed by atoms with Crippen LogP contribution < -0.4 is 11.4 Å². The van der Waals surface area contributed by atoms with Crippen LogP contribution in [0.25, 0.3) is 0 Å². The summed E-state index contributed by atoms with van der Waals surface area (Å²) in [5.41, 5.74) is 3.29. The number of anilines is 1. The number of nitrogens with zero attached hydrogens (tertiary/aromatic N) is 3. The molecule has 0 spiro atoms. The summed E-state index contributed by atoms with van der Waals surface area (Å²) in [5.74, 6) is -1.33. The van der Waals surface area contributed by atoms with Crippen molar-refractivity contribution in [1.29, 1.82) is 5.26 Å². The summed E-state index contributed by atoms with van der Waals surface area (Å²) in [7, 11) is 0. The molecule has 2 aromatic carbocycles. The first kappa shape index (κ1) is 22.7. The van der Waals surface area contributed by atoms with Crippen molar-refractivity contribution < 1.29 is 23.8 Å². The number of nitrogens with two attached hydrogens (primary N) is 1. The first-order valence-corrected chi connectivity index (χ1v) is 10.4. The molecule has 0 amide bonds. The summed E-state index contributed by atoms with van der Waals surface area (Å²) < 4.78 is 17.8. The lowest BCUT2D eigenvalue weighted by atomic mass is 10.1. The van der Waals surface area contributed by atoms with E-state index in [0.717, 1.165) is 4.57 Å². The number of carbonyl (C=O) groups excluding carboxylic acids is 2. The molecular formula is C24H20N4O6. The molecule has 10 heteroatoms. The Kier molecular flexibility index (Phi) is 6.38. The minimum atomic E-state index is -2.04. The van der Waals surface area contributed by atoms with Crippen molar-refractivity contribution in [3.63, 3.8) is 0 Å². The van der Waals surface area contributed by atoms with Gasteiger partial charge in [-0.1, -0.05) is 36.4 Å². The Hall–Kier alpha value is -4.49. The van der Waals surface area contributed by atoms with E-state index >= 15 is 0 Å². The van der Waals surface area contributed by atoms with Gasteiger partial charge in [-0.05, 0) is 30.3 Å². The lowest BCUT2D eigenvalue weighted by molar-refractivity contribution is -0.113. The fourth-order valence-corrected chi connectivity index (χ4v) is 3.64. The molecule has 1 fully saturated rings. The number of rotatable bonds is 6. The molecular weight excluding hydrogens is 440 g/mol. The maximum atomic E-state index is 12.7. The predicted molar refractivity (Wildman–Crippen MR) is 118 cm³/mol. The summed E-state index contributed by atoms with van der Waals surface area (Å²) in [6, 6.07) is 19.8. The molecule has 1 aliphatic heterocycles. The van der Waals surface area contributed by atoms with Crippen LogP contribution >= 0.6 is 0 Å². The maximum absolute atomic E-state index is 12.7. The molecule has 172 valence electrons. The lowest BCUT2D eigenvalue weighted by Gasteiger charge is -2.28. The standard InChI is InChI=1S/C24H20N4O6/c25-15-24(28-12-11-20(26)27-23(28)31)19(33-22(30)17-9-5-2-6-10-17)13-18(34-24)14-32-21(29)16-7-3-1-4-8-16/h1-12,18-19H,13-14H2,(H2,26,27,31)/t18-,19+,24-/m1/s1. The van der Waals surface area contributed by atoms with Crippen LogP contribution in [-0.4, -0.2) is 40.3 Å². The normalized spacial score (nSPS) is 21.4. The Morgan fingerprint density at radius 2 is 1.71 bits per heavy atom. The third-order valence-corrected chi connectivity index (χ3v) is 5.27. The second-order valence-electron chi connectivity index (χ2n) is 7.51. The van der Waals surface area contributed by atoms with Crippen molar-refractivity contribution in [3.05, 3.63) is 94.5 Å². The molecule has 1 aromatic heterocycles. The fourth-order valence-electron chi connectivity index (χ4n) is 3.64. The highest BCUT2D eigenvalue weighted by Crippen LogP contribution is 2.37. The first-order chi connectivity index (χ1) is 16.4. The summed E-state index contributed by atoms with van der Waals surface area (Å²) in [6.07, 6.45) is -0.806. The quantitative estimate of drug-likeness (QED) is 0.545. The molecule has 10 nitrogen and oxygen atoms in total. The van der Waals surface area contributed by atoms with Crippen LogP contribution in [-0.2, 0) is 19.9 Å². The van der Waals surface area contributed by atoms with E-state index in [4.69, 9.17) is 19.9 Å². The Bertz CT molecular complexity index is 1290. The minimum absolute atomic E-state index is 0.00891. The van der Waals surface area contributed by atoms with Gasteiger partial charge in [0.15, 0.2) is 6.10 Å². The highest BCUT2D eigenvalue weighted by atomic mass is 16.6. The van der Waals surface area contributed by atoms with E-state index in [1.807, 2.05) is 6.07 Å². The molecule has 34 heavy (non-hydrogen) atoms. The zero-order valence-corrected chi connectivity index (χ0v) is 17.9. The molecule has 2 N–H and O–H groups in total. The van der Waals surface area contributed by atoms with E-state index in [-0.39, 0.29) is 24.4 Å².